The number of hydrogen-bond donors (Lipinski definition) is 1. The van der Waals surface area contributed by atoms with Crippen LogP contribution in [-0.4, -0.2) is 34.8 Å². The van der Waals surface area contributed by atoms with Crippen molar-refractivity contribution in [1.82, 2.24) is 15.2 Å². The number of likely N-dealkylation sites (tertiary alicyclic amines) is 1. The highest BCUT2D eigenvalue weighted by Crippen LogP contribution is 2.27. The van der Waals surface area contributed by atoms with Gasteiger partial charge >= 0.3 is 0 Å². The summed E-state index contributed by atoms with van der Waals surface area (Å²) in [5, 5.41) is 2.97. The van der Waals surface area contributed by atoms with E-state index < -0.39 is 0 Å². The first-order valence-corrected chi connectivity index (χ1v) is 9.20. The molecule has 0 bridgehead atoms. The summed E-state index contributed by atoms with van der Waals surface area (Å²) in [5.41, 5.74) is 0.871. The summed E-state index contributed by atoms with van der Waals surface area (Å²) in [4.78, 5) is 31.1. The number of rotatable bonds is 4. The Balaban J connectivity index is 1.42. The van der Waals surface area contributed by atoms with Crippen LogP contribution in [0.2, 0.25) is 0 Å². The van der Waals surface area contributed by atoms with Crippen molar-refractivity contribution < 1.29 is 9.59 Å². The van der Waals surface area contributed by atoms with Crippen molar-refractivity contribution in [2.24, 2.45) is 11.8 Å². The summed E-state index contributed by atoms with van der Waals surface area (Å²) in [6.45, 7) is 1.91. The predicted octanol–water partition coefficient (Wildman–Crippen LogP) is 2.52. The first-order chi connectivity index (χ1) is 11.7. The maximum atomic E-state index is 12.6. The van der Waals surface area contributed by atoms with E-state index in [4.69, 9.17) is 0 Å². The number of piperidine rings is 1. The molecule has 24 heavy (non-hydrogen) atoms. The number of carbonyl (C=O) groups is 2. The molecule has 0 radical (unpaired) electrons. The zero-order chi connectivity index (χ0) is 16.8. The van der Waals surface area contributed by atoms with Gasteiger partial charge in [-0.3, -0.25) is 14.6 Å². The van der Waals surface area contributed by atoms with E-state index >= 15 is 0 Å². The summed E-state index contributed by atoms with van der Waals surface area (Å²) >= 11 is 0. The van der Waals surface area contributed by atoms with Gasteiger partial charge in [-0.05, 0) is 37.8 Å². The molecule has 3 rings (SSSR count). The summed E-state index contributed by atoms with van der Waals surface area (Å²) in [5.74, 6) is 0.657. The van der Waals surface area contributed by atoms with E-state index in [1.54, 1.807) is 6.20 Å². The molecule has 1 saturated carbocycles. The van der Waals surface area contributed by atoms with Crippen molar-refractivity contribution in [2.45, 2.75) is 51.5 Å². The fourth-order valence-corrected chi connectivity index (χ4v) is 3.79. The van der Waals surface area contributed by atoms with Gasteiger partial charge in [-0.2, -0.15) is 0 Å². The molecular weight excluding hydrogens is 302 g/mol. The predicted molar refractivity (Wildman–Crippen MR) is 92.0 cm³/mol. The lowest BCUT2D eigenvalue weighted by Gasteiger charge is -2.34. The lowest BCUT2D eigenvalue weighted by Crippen LogP contribution is -2.45. The van der Waals surface area contributed by atoms with Crippen molar-refractivity contribution in [3.8, 4) is 0 Å². The van der Waals surface area contributed by atoms with E-state index in [-0.39, 0.29) is 17.7 Å². The van der Waals surface area contributed by atoms with E-state index in [0.717, 1.165) is 44.5 Å². The van der Waals surface area contributed by atoms with Crippen LogP contribution in [0.5, 0.6) is 0 Å². The highest BCUT2D eigenvalue weighted by Gasteiger charge is 2.31. The lowest BCUT2D eigenvalue weighted by atomic mass is 9.87. The Morgan fingerprint density at radius 2 is 1.79 bits per heavy atom. The maximum Gasteiger partial charge on any atom is 0.225 e. The van der Waals surface area contributed by atoms with Gasteiger partial charge in [-0.15, -0.1) is 0 Å². The molecule has 1 aromatic heterocycles. The molecule has 0 aromatic carbocycles. The minimum absolute atomic E-state index is 0.0177. The van der Waals surface area contributed by atoms with Gasteiger partial charge in [-0.25, -0.2) is 0 Å². The number of nitrogens with zero attached hydrogens (tertiary/aromatic N) is 2. The lowest BCUT2D eigenvalue weighted by molar-refractivity contribution is -0.140. The minimum atomic E-state index is 0.0177. The molecule has 0 spiro atoms. The van der Waals surface area contributed by atoms with Gasteiger partial charge in [0.15, 0.2) is 0 Å². The Labute approximate surface area is 143 Å². The highest BCUT2D eigenvalue weighted by atomic mass is 16.2. The van der Waals surface area contributed by atoms with Gasteiger partial charge in [0.25, 0.3) is 0 Å². The molecule has 5 nitrogen and oxygen atoms in total. The van der Waals surface area contributed by atoms with Gasteiger partial charge in [0, 0.05) is 31.1 Å². The Kier molecular flexibility index (Phi) is 5.83. The van der Waals surface area contributed by atoms with Crippen molar-refractivity contribution in [3.05, 3.63) is 30.1 Å². The number of carbonyl (C=O) groups excluding carboxylic acids is 2. The molecule has 1 N–H and O–H groups in total. The zero-order valence-corrected chi connectivity index (χ0v) is 14.2. The van der Waals surface area contributed by atoms with E-state index in [9.17, 15) is 9.59 Å². The van der Waals surface area contributed by atoms with Gasteiger partial charge in [0.05, 0.1) is 12.2 Å². The Bertz CT molecular complexity index is 547. The molecule has 1 saturated heterocycles. The zero-order valence-electron chi connectivity index (χ0n) is 14.2. The van der Waals surface area contributed by atoms with Crippen LogP contribution < -0.4 is 5.32 Å². The minimum Gasteiger partial charge on any atom is -0.350 e. The van der Waals surface area contributed by atoms with Gasteiger partial charge in [0.2, 0.25) is 11.8 Å². The second-order valence-corrected chi connectivity index (χ2v) is 6.97. The molecule has 0 unspecified atom stereocenters. The molecular formula is C19H27N3O2. The average Bonchev–Trinajstić information content (AvgIpc) is 2.67. The first-order valence-electron chi connectivity index (χ1n) is 9.20. The van der Waals surface area contributed by atoms with Gasteiger partial charge in [0.1, 0.15) is 0 Å². The summed E-state index contributed by atoms with van der Waals surface area (Å²) < 4.78 is 0. The number of hydrogen-bond acceptors (Lipinski definition) is 3. The number of nitrogens with one attached hydrogen (secondary N) is 1. The third kappa shape index (κ3) is 4.34. The van der Waals surface area contributed by atoms with E-state index in [0.29, 0.717) is 12.5 Å². The fourth-order valence-electron chi connectivity index (χ4n) is 3.79. The van der Waals surface area contributed by atoms with E-state index in [2.05, 4.69) is 10.3 Å². The van der Waals surface area contributed by atoms with Gasteiger partial charge < -0.3 is 10.2 Å². The largest absolute Gasteiger partial charge is 0.350 e. The molecule has 2 amide bonds. The summed E-state index contributed by atoms with van der Waals surface area (Å²) in [6.07, 6.45) is 9.00. The van der Waals surface area contributed by atoms with Crippen molar-refractivity contribution >= 4 is 11.8 Å². The first kappa shape index (κ1) is 16.9. The third-order valence-corrected chi connectivity index (χ3v) is 5.30. The molecule has 2 heterocycles. The van der Waals surface area contributed by atoms with Crippen LogP contribution in [0.3, 0.4) is 0 Å². The van der Waals surface area contributed by atoms with Crippen molar-refractivity contribution in [2.75, 3.05) is 13.1 Å². The standard InChI is InChI=1S/C19H27N3O2/c23-18(21-14-17-8-4-5-11-20-17)15-9-12-22(13-10-15)19(24)16-6-2-1-3-7-16/h4-5,8,11,15-16H,1-3,6-7,9-10,12-14H2,(H,21,23). The quantitative estimate of drug-likeness (QED) is 0.923. The molecule has 1 aliphatic heterocycles. The van der Waals surface area contributed by atoms with Crippen LogP contribution in [-0.2, 0) is 16.1 Å². The van der Waals surface area contributed by atoms with Crippen LogP contribution in [0.1, 0.15) is 50.6 Å². The number of aromatic nitrogens is 1. The number of amides is 2. The monoisotopic (exact) mass is 329 g/mol. The van der Waals surface area contributed by atoms with Crippen LogP contribution in [0.25, 0.3) is 0 Å². The SMILES string of the molecule is O=C(NCc1ccccn1)C1CCN(C(=O)C2CCCCC2)CC1. The summed E-state index contributed by atoms with van der Waals surface area (Å²) in [7, 11) is 0. The normalized spacial score (nSPS) is 19.9. The van der Waals surface area contributed by atoms with Gasteiger partial charge in [-0.1, -0.05) is 25.3 Å². The van der Waals surface area contributed by atoms with Crippen LogP contribution >= 0.6 is 0 Å². The second-order valence-electron chi connectivity index (χ2n) is 6.97. The summed E-state index contributed by atoms with van der Waals surface area (Å²) in [6, 6.07) is 5.69. The highest BCUT2D eigenvalue weighted by molar-refractivity contribution is 5.81. The second kappa shape index (κ2) is 8.27. The van der Waals surface area contributed by atoms with E-state index in [1.165, 1.54) is 19.3 Å². The Hall–Kier alpha value is -1.91. The Morgan fingerprint density at radius 3 is 2.46 bits per heavy atom. The van der Waals surface area contributed by atoms with Crippen LogP contribution in [0, 0.1) is 11.8 Å². The molecule has 1 aliphatic carbocycles. The smallest absolute Gasteiger partial charge is 0.225 e. The molecule has 0 atom stereocenters. The maximum absolute atomic E-state index is 12.6. The van der Waals surface area contributed by atoms with E-state index in [1.807, 2.05) is 23.1 Å². The van der Waals surface area contributed by atoms with Crippen LogP contribution in [0.4, 0.5) is 0 Å². The van der Waals surface area contributed by atoms with Crippen molar-refractivity contribution in [1.29, 1.82) is 0 Å². The van der Waals surface area contributed by atoms with Crippen molar-refractivity contribution in [3.63, 3.8) is 0 Å². The van der Waals surface area contributed by atoms with Crippen LogP contribution in [0.15, 0.2) is 24.4 Å². The third-order valence-electron chi connectivity index (χ3n) is 5.30. The fraction of sp³-hybridized carbons (Fsp3) is 0.632. The molecule has 2 aliphatic rings. The molecule has 5 heteroatoms. The molecule has 1 aromatic rings. The average molecular weight is 329 g/mol. The Morgan fingerprint density at radius 1 is 1.04 bits per heavy atom. The topological polar surface area (TPSA) is 62.3 Å². The number of pyridine rings is 1. The molecule has 2 fully saturated rings. The molecule has 130 valence electrons.